The predicted molar refractivity (Wildman–Crippen MR) is 93.8 cm³/mol. The fraction of sp³-hybridized carbons (Fsp3) is 0.579. The van der Waals surface area contributed by atoms with Crippen molar-refractivity contribution in [3.05, 3.63) is 35.6 Å². The average Bonchev–Trinajstić information content (AvgIpc) is 2.56. The molecule has 5 heteroatoms. The Balaban J connectivity index is 2.98. The van der Waals surface area contributed by atoms with Crippen LogP contribution in [-0.2, 0) is 16.1 Å². The number of carbonyl (C=O) groups is 2. The third-order valence-electron chi connectivity index (χ3n) is 4.12. The van der Waals surface area contributed by atoms with E-state index in [2.05, 4.69) is 5.32 Å². The Labute approximate surface area is 144 Å². The van der Waals surface area contributed by atoms with Crippen LogP contribution in [0.1, 0.15) is 58.9 Å². The van der Waals surface area contributed by atoms with Crippen molar-refractivity contribution in [1.82, 2.24) is 10.2 Å². The Morgan fingerprint density at radius 3 is 2.25 bits per heavy atom. The minimum atomic E-state index is -0.511. The highest BCUT2D eigenvalue weighted by Crippen LogP contribution is 2.15. The maximum atomic E-state index is 13.1. The Bertz CT molecular complexity index is 531. The van der Waals surface area contributed by atoms with Crippen LogP contribution in [0.15, 0.2) is 24.3 Å². The lowest BCUT2D eigenvalue weighted by atomic mass is 10.1. The first-order valence-corrected chi connectivity index (χ1v) is 8.77. The molecule has 0 saturated heterocycles. The van der Waals surface area contributed by atoms with Gasteiger partial charge in [-0.05, 0) is 43.9 Å². The van der Waals surface area contributed by atoms with Crippen molar-refractivity contribution in [3.8, 4) is 0 Å². The van der Waals surface area contributed by atoms with E-state index >= 15 is 0 Å². The molecule has 0 aliphatic rings. The van der Waals surface area contributed by atoms with Crippen LogP contribution in [0.4, 0.5) is 4.39 Å². The number of benzene rings is 1. The molecule has 0 heterocycles. The number of nitrogens with one attached hydrogen (secondary N) is 1. The molecule has 1 aromatic rings. The van der Waals surface area contributed by atoms with Crippen LogP contribution in [0.2, 0.25) is 0 Å². The summed E-state index contributed by atoms with van der Waals surface area (Å²) < 4.78 is 13.1. The second-order valence-electron chi connectivity index (χ2n) is 6.14. The van der Waals surface area contributed by atoms with Crippen molar-refractivity contribution < 1.29 is 14.0 Å². The summed E-state index contributed by atoms with van der Waals surface area (Å²) in [4.78, 5) is 26.7. The quantitative estimate of drug-likeness (QED) is 0.748. The summed E-state index contributed by atoms with van der Waals surface area (Å²) in [5, 5.41) is 2.96. The highest BCUT2D eigenvalue weighted by atomic mass is 19.1. The van der Waals surface area contributed by atoms with Gasteiger partial charge in [0.2, 0.25) is 11.8 Å². The zero-order valence-corrected chi connectivity index (χ0v) is 15.1. The predicted octanol–water partition coefficient (Wildman–Crippen LogP) is 3.65. The number of hydrogen-bond donors (Lipinski definition) is 1. The molecule has 2 amide bonds. The number of rotatable bonds is 9. The minimum Gasteiger partial charge on any atom is -0.352 e. The van der Waals surface area contributed by atoms with E-state index in [4.69, 9.17) is 0 Å². The third-order valence-corrected chi connectivity index (χ3v) is 4.12. The molecule has 0 bridgehead atoms. The first kappa shape index (κ1) is 20.1. The summed E-state index contributed by atoms with van der Waals surface area (Å²) >= 11 is 0. The molecule has 0 spiro atoms. The SMILES string of the molecule is CCCC(=O)N(Cc1ccc(F)cc1)[C@H](CC)C(=O)N[C@H](C)CC. The minimum absolute atomic E-state index is 0.0482. The molecule has 0 aliphatic heterocycles. The van der Waals surface area contributed by atoms with E-state index in [0.717, 1.165) is 18.4 Å². The molecule has 134 valence electrons. The fourth-order valence-corrected chi connectivity index (χ4v) is 2.50. The zero-order valence-electron chi connectivity index (χ0n) is 15.1. The van der Waals surface area contributed by atoms with Gasteiger partial charge in [-0.25, -0.2) is 4.39 Å². The van der Waals surface area contributed by atoms with Crippen LogP contribution in [0.5, 0.6) is 0 Å². The van der Waals surface area contributed by atoms with E-state index < -0.39 is 6.04 Å². The first-order valence-electron chi connectivity index (χ1n) is 8.77. The summed E-state index contributed by atoms with van der Waals surface area (Å²) in [7, 11) is 0. The van der Waals surface area contributed by atoms with E-state index in [0.29, 0.717) is 19.4 Å². The zero-order chi connectivity index (χ0) is 18.1. The third kappa shape index (κ3) is 5.95. The lowest BCUT2D eigenvalue weighted by molar-refractivity contribution is -0.141. The van der Waals surface area contributed by atoms with E-state index in [1.165, 1.54) is 12.1 Å². The van der Waals surface area contributed by atoms with Crippen molar-refractivity contribution in [2.24, 2.45) is 0 Å². The van der Waals surface area contributed by atoms with Crippen LogP contribution in [-0.4, -0.2) is 28.8 Å². The normalized spacial score (nSPS) is 13.2. The monoisotopic (exact) mass is 336 g/mol. The summed E-state index contributed by atoms with van der Waals surface area (Å²) in [5.74, 6) is -0.488. The van der Waals surface area contributed by atoms with Gasteiger partial charge in [0.05, 0.1) is 0 Å². The molecule has 24 heavy (non-hydrogen) atoms. The van der Waals surface area contributed by atoms with Crippen LogP contribution in [0.3, 0.4) is 0 Å². The Hall–Kier alpha value is -1.91. The number of halogens is 1. The summed E-state index contributed by atoms with van der Waals surface area (Å²) in [6.07, 6.45) is 2.50. The molecule has 0 fully saturated rings. The highest BCUT2D eigenvalue weighted by Gasteiger charge is 2.28. The summed E-state index contributed by atoms with van der Waals surface area (Å²) in [6.45, 7) is 8.10. The maximum absolute atomic E-state index is 13.1. The smallest absolute Gasteiger partial charge is 0.243 e. The molecular weight excluding hydrogens is 307 g/mol. The largest absolute Gasteiger partial charge is 0.352 e. The van der Waals surface area contributed by atoms with Crippen LogP contribution < -0.4 is 5.32 Å². The molecule has 1 rings (SSSR count). The van der Waals surface area contributed by atoms with Crippen molar-refractivity contribution in [3.63, 3.8) is 0 Å². The molecule has 0 radical (unpaired) electrons. The van der Waals surface area contributed by atoms with E-state index in [-0.39, 0.29) is 23.7 Å². The molecular formula is C19H29FN2O2. The van der Waals surface area contributed by atoms with Crippen molar-refractivity contribution in [1.29, 1.82) is 0 Å². The summed E-state index contributed by atoms with van der Waals surface area (Å²) in [6, 6.07) is 5.61. The highest BCUT2D eigenvalue weighted by molar-refractivity contribution is 5.87. The van der Waals surface area contributed by atoms with Crippen LogP contribution >= 0.6 is 0 Å². The van der Waals surface area contributed by atoms with Crippen LogP contribution in [0.25, 0.3) is 0 Å². The average molecular weight is 336 g/mol. The fourth-order valence-electron chi connectivity index (χ4n) is 2.50. The molecule has 0 aromatic heterocycles. The van der Waals surface area contributed by atoms with E-state index in [1.54, 1.807) is 17.0 Å². The van der Waals surface area contributed by atoms with Gasteiger partial charge in [0.25, 0.3) is 0 Å². The van der Waals surface area contributed by atoms with Crippen molar-refractivity contribution in [2.75, 3.05) is 0 Å². The molecule has 0 saturated carbocycles. The molecule has 1 aromatic carbocycles. The first-order chi connectivity index (χ1) is 11.4. The van der Waals surface area contributed by atoms with E-state index in [9.17, 15) is 14.0 Å². The molecule has 0 unspecified atom stereocenters. The lowest BCUT2D eigenvalue weighted by Crippen LogP contribution is -2.50. The summed E-state index contributed by atoms with van der Waals surface area (Å²) in [5.41, 5.74) is 0.815. The number of carbonyl (C=O) groups excluding carboxylic acids is 2. The maximum Gasteiger partial charge on any atom is 0.243 e. The van der Waals surface area contributed by atoms with Gasteiger partial charge in [0.1, 0.15) is 11.9 Å². The number of hydrogen-bond acceptors (Lipinski definition) is 2. The van der Waals surface area contributed by atoms with Crippen LogP contribution in [0, 0.1) is 5.82 Å². The standard InChI is InChI=1S/C19H29FN2O2/c1-5-8-18(23)22(13-15-9-11-16(20)12-10-15)17(7-3)19(24)21-14(4)6-2/h9-12,14,17H,5-8,13H2,1-4H3,(H,21,24)/t14-,17-/m1/s1. The Morgan fingerprint density at radius 2 is 1.75 bits per heavy atom. The van der Waals surface area contributed by atoms with Crippen molar-refractivity contribution in [2.45, 2.75) is 72.0 Å². The second kappa shape index (κ2) is 10.1. The molecule has 2 atom stereocenters. The second-order valence-corrected chi connectivity index (χ2v) is 6.14. The molecule has 4 nitrogen and oxygen atoms in total. The van der Waals surface area contributed by atoms with Gasteiger partial charge >= 0.3 is 0 Å². The van der Waals surface area contributed by atoms with Gasteiger partial charge in [-0.3, -0.25) is 9.59 Å². The van der Waals surface area contributed by atoms with Crippen molar-refractivity contribution >= 4 is 11.8 Å². The Kier molecular flexibility index (Phi) is 8.44. The van der Waals surface area contributed by atoms with Gasteiger partial charge in [-0.2, -0.15) is 0 Å². The lowest BCUT2D eigenvalue weighted by Gasteiger charge is -2.31. The van der Waals surface area contributed by atoms with Gasteiger partial charge in [0.15, 0.2) is 0 Å². The van der Waals surface area contributed by atoms with E-state index in [1.807, 2.05) is 27.7 Å². The molecule has 1 N–H and O–H groups in total. The van der Waals surface area contributed by atoms with Gasteiger partial charge in [-0.15, -0.1) is 0 Å². The van der Waals surface area contributed by atoms with Gasteiger partial charge < -0.3 is 10.2 Å². The Morgan fingerprint density at radius 1 is 1.12 bits per heavy atom. The van der Waals surface area contributed by atoms with Gasteiger partial charge in [-0.1, -0.05) is 32.9 Å². The van der Waals surface area contributed by atoms with Gasteiger partial charge in [0, 0.05) is 19.0 Å². The number of amides is 2. The topological polar surface area (TPSA) is 49.4 Å². The molecule has 0 aliphatic carbocycles. The number of nitrogens with zero attached hydrogens (tertiary/aromatic N) is 1.